The van der Waals surface area contributed by atoms with E-state index in [0.717, 1.165) is 12.1 Å². The number of ketones is 3. The number of carbonyl (C=O) groups is 3. The molecule has 0 fully saturated rings. The van der Waals surface area contributed by atoms with Gasteiger partial charge in [0.15, 0.2) is 11.5 Å². The van der Waals surface area contributed by atoms with Crippen molar-refractivity contribution in [3.8, 4) is 0 Å². The van der Waals surface area contributed by atoms with E-state index in [9.17, 15) is 34.7 Å². The highest BCUT2D eigenvalue weighted by Crippen LogP contribution is 2.29. The summed E-state index contributed by atoms with van der Waals surface area (Å²) in [5.41, 5.74) is 1.50. The molecule has 0 aromatic heterocycles. The molecule has 1 aliphatic rings. The zero-order valence-corrected chi connectivity index (χ0v) is 18.6. The summed E-state index contributed by atoms with van der Waals surface area (Å²) in [6.45, 7) is 0. The largest absolute Gasteiger partial charge is 0.506 e. The second-order valence-corrected chi connectivity index (χ2v) is 7.80. The van der Waals surface area contributed by atoms with E-state index in [-0.39, 0.29) is 22.5 Å². The Kier molecular flexibility index (Phi) is 6.59. The molecule has 3 aromatic rings. The maximum atomic E-state index is 13.0. The number of Topliss-reactive ketones (excluding diaryl/α,β-unsaturated/α-hetero) is 2. The molecular weight excluding hydrogens is 466 g/mol. The van der Waals surface area contributed by atoms with E-state index in [0.29, 0.717) is 16.9 Å². The quantitative estimate of drug-likeness (QED) is 0.116. The van der Waals surface area contributed by atoms with E-state index in [1.165, 1.54) is 24.3 Å². The van der Waals surface area contributed by atoms with Gasteiger partial charge in [-0.3, -0.25) is 24.5 Å². The summed E-state index contributed by atoms with van der Waals surface area (Å²) in [6, 6.07) is 18.2. The average Bonchev–Trinajstić information content (AvgIpc) is 2.87. The van der Waals surface area contributed by atoms with Crippen LogP contribution in [0.2, 0.25) is 0 Å². The third kappa shape index (κ3) is 4.97. The van der Waals surface area contributed by atoms with Crippen molar-refractivity contribution in [2.45, 2.75) is 6.42 Å². The van der Waals surface area contributed by atoms with Crippen LogP contribution in [0, 0.1) is 10.1 Å². The van der Waals surface area contributed by atoms with E-state index in [1.807, 2.05) is 0 Å². The molecule has 0 heterocycles. The minimum Gasteiger partial charge on any atom is -0.506 e. The molecule has 0 unspecified atom stereocenters. The Labute approximate surface area is 204 Å². The third-order valence-corrected chi connectivity index (χ3v) is 5.38. The molecule has 0 spiro atoms. The van der Waals surface area contributed by atoms with Crippen LogP contribution < -0.4 is 10.6 Å². The van der Waals surface area contributed by atoms with Gasteiger partial charge in [-0.15, -0.1) is 0 Å². The van der Waals surface area contributed by atoms with Gasteiger partial charge in [-0.1, -0.05) is 42.5 Å². The van der Waals surface area contributed by atoms with Crippen molar-refractivity contribution < 1.29 is 29.5 Å². The summed E-state index contributed by atoms with van der Waals surface area (Å²) in [7, 11) is 0. The first kappa shape index (κ1) is 23.9. The third-order valence-electron chi connectivity index (χ3n) is 5.38. The summed E-state index contributed by atoms with van der Waals surface area (Å²) in [6.07, 6.45) is 0.581. The topological polar surface area (TPSA) is 159 Å². The van der Waals surface area contributed by atoms with Crippen molar-refractivity contribution in [2.75, 3.05) is 10.6 Å². The van der Waals surface area contributed by atoms with Crippen LogP contribution in [-0.2, 0) is 4.79 Å². The van der Waals surface area contributed by atoms with Gasteiger partial charge < -0.3 is 20.8 Å². The number of anilines is 2. The van der Waals surface area contributed by atoms with E-state index in [2.05, 4.69) is 10.6 Å². The van der Waals surface area contributed by atoms with E-state index < -0.39 is 40.3 Å². The van der Waals surface area contributed by atoms with Crippen molar-refractivity contribution >= 4 is 40.1 Å². The molecule has 10 nitrogen and oxygen atoms in total. The SMILES string of the molecule is O=C1C=C(Nc2ccccc2C(=O)C/C(O)=C(\O)Nc2cccc([N+](=O)[O-])c2)c2ccccc2C1=O. The van der Waals surface area contributed by atoms with Crippen molar-refractivity contribution in [3.63, 3.8) is 0 Å². The fraction of sp³-hybridized carbons (Fsp3) is 0.0385. The number of aliphatic hydroxyl groups is 2. The Balaban J connectivity index is 1.55. The zero-order chi connectivity index (χ0) is 25.8. The number of benzene rings is 3. The maximum Gasteiger partial charge on any atom is 0.271 e. The second-order valence-electron chi connectivity index (χ2n) is 7.80. The molecule has 3 aromatic carbocycles. The summed E-state index contributed by atoms with van der Waals surface area (Å²) >= 11 is 0. The van der Waals surface area contributed by atoms with Crippen LogP contribution in [-0.4, -0.2) is 32.5 Å². The highest BCUT2D eigenvalue weighted by atomic mass is 16.6. The smallest absolute Gasteiger partial charge is 0.271 e. The Bertz CT molecular complexity index is 1470. The van der Waals surface area contributed by atoms with Crippen LogP contribution in [0.1, 0.15) is 32.7 Å². The van der Waals surface area contributed by atoms with Crippen LogP contribution in [0.3, 0.4) is 0 Å². The van der Waals surface area contributed by atoms with Gasteiger partial charge in [0, 0.05) is 46.3 Å². The molecule has 0 saturated heterocycles. The lowest BCUT2D eigenvalue weighted by Crippen LogP contribution is -2.21. The van der Waals surface area contributed by atoms with Crippen LogP contribution in [0.5, 0.6) is 0 Å². The number of nitrogens with zero attached hydrogens (tertiary/aromatic N) is 1. The van der Waals surface area contributed by atoms with E-state index in [4.69, 9.17) is 0 Å². The monoisotopic (exact) mass is 485 g/mol. The maximum absolute atomic E-state index is 13.0. The predicted molar refractivity (Wildman–Crippen MR) is 132 cm³/mol. The molecule has 0 aliphatic heterocycles. The molecule has 1 aliphatic carbocycles. The fourth-order valence-electron chi connectivity index (χ4n) is 3.64. The standard InChI is InChI=1S/C26H19N3O7/c30-22(14-24(32)26(34)27-15-6-5-7-16(12-15)29(35)36)19-10-3-4-11-20(19)28-21-13-23(31)25(33)18-9-2-1-8-17(18)21/h1-13,27-28,32,34H,14H2/b26-24+. The minimum atomic E-state index is -0.734. The number of hydrogen-bond acceptors (Lipinski definition) is 9. The summed E-state index contributed by atoms with van der Waals surface area (Å²) < 4.78 is 0. The minimum absolute atomic E-state index is 0.143. The molecule has 4 N–H and O–H groups in total. The van der Waals surface area contributed by atoms with Gasteiger partial charge in [-0.2, -0.15) is 0 Å². The zero-order valence-electron chi connectivity index (χ0n) is 18.6. The lowest BCUT2D eigenvalue weighted by atomic mass is 9.92. The molecule has 10 heteroatoms. The predicted octanol–water partition coefficient (Wildman–Crippen LogP) is 4.78. The lowest BCUT2D eigenvalue weighted by Gasteiger charge is -2.19. The molecule has 0 atom stereocenters. The number of hydrogen-bond donors (Lipinski definition) is 4. The number of aliphatic hydroxyl groups excluding tert-OH is 2. The number of fused-ring (bicyclic) bond motifs is 1. The van der Waals surface area contributed by atoms with Crippen molar-refractivity contribution in [1.29, 1.82) is 0 Å². The normalized spacial score (nSPS) is 13.3. The van der Waals surface area contributed by atoms with Gasteiger partial charge in [0.2, 0.25) is 17.4 Å². The van der Waals surface area contributed by atoms with Crippen LogP contribution in [0.25, 0.3) is 5.70 Å². The first-order chi connectivity index (χ1) is 17.2. The molecule has 0 amide bonds. The summed E-state index contributed by atoms with van der Waals surface area (Å²) in [5, 5.41) is 36.9. The fourth-order valence-corrected chi connectivity index (χ4v) is 3.64. The number of rotatable bonds is 8. The Morgan fingerprint density at radius 1 is 0.917 bits per heavy atom. The van der Waals surface area contributed by atoms with Crippen LogP contribution >= 0.6 is 0 Å². The Morgan fingerprint density at radius 3 is 2.36 bits per heavy atom. The second kappa shape index (κ2) is 9.94. The summed E-state index contributed by atoms with van der Waals surface area (Å²) in [5.74, 6) is -3.29. The number of nitro benzene ring substituents is 1. The highest BCUT2D eigenvalue weighted by molar-refractivity contribution is 6.50. The van der Waals surface area contributed by atoms with Crippen molar-refractivity contribution in [3.05, 3.63) is 117 Å². The first-order valence-corrected chi connectivity index (χ1v) is 10.7. The lowest BCUT2D eigenvalue weighted by molar-refractivity contribution is -0.384. The van der Waals surface area contributed by atoms with Gasteiger partial charge >= 0.3 is 0 Å². The molecular formula is C26H19N3O7. The van der Waals surface area contributed by atoms with Gasteiger partial charge in [-0.25, -0.2) is 0 Å². The van der Waals surface area contributed by atoms with Gasteiger partial charge in [0.25, 0.3) is 5.69 Å². The number of nitrogens with one attached hydrogen (secondary N) is 2. The number of para-hydroxylation sites is 1. The average molecular weight is 485 g/mol. The van der Waals surface area contributed by atoms with E-state index in [1.54, 1.807) is 42.5 Å². The van der Waals surface area contributed by atoms with Crippen molar-refractivity contribution in [1.82, 2.24) is 0 Å². The molecule has 0 radical (unpaired) electrons. The van der Waals surface area contributed by atoms with Crippen LogP contribution in [0.4, 0.5) is 17.1 Å². The molecule has 4 rings (SSSR count). The molecule has 0 bridgehead atoms. The number of non-ortho nitro benzene ring substituents is 1. The Morgan fingerprint density at radius 2 is 1.61 bits per heavy atom. The van der Waals surface area contributed by atoms with Crippen molar-refractivity contribution in [2.24, 2.45) is 0 Å². The highest BCUT2D eigenvalue weighted by Gasteiger charge is 2.26. The van der Waals surface area contributed by atoms with E-state index >= 15 is 0 Å². The molecule has 180 valence electrons. The number of carbonyl (C=O) groups excluding carboxylic acids is 3. The number of nitro groups is 1. The Hall–Kier alpha value is -5.25. The number of allylic oxidation sites excluding steroid dienone is 2. The first-order valence-electron chi connectivity index (χ1n) is 10.7. The van der Waals surface area contributed by atoms with Crippen LogP contribution in [0.15, 0.2) is 90.5 Å². The van der Waals surface area contributed by atoms with Gasteiger partial charge in [-0.05, 0) is 18.2 Å². The van der Waals surface area contributed by atoms with Gasteiger partial charge in [0.05, 0.1) is 17.0 Å². The van der Waals surface area contributed by atoms with Gasteiger partial charge in [0.1, 0.15) is 0 Å². The molecule has 36 heavy (non-hydrogen) atoms. The summed E-state index contributed by atoms with van der Waals surface area (Å²) in [4.78, 5) is 47.6. The molecule has 0 saturated carbocycles.